The minimum absolute atomic E-state index is 0.0267. The summed E-state index contributed by atoms with van der Waals surface area (Å²) in [6.45, 7) is 11.7. The van der Waals surface area contributed by atoms with Crippen molar-refractivity contribution < 1.29 is 4.74 Å². The van der Waals surface area contributed by atoms with E-state index in [1.807, 2.05) is 13.0 Å². The van der Waals surface area contributed by atoms with Gasteiger partial charge in [-0.05, 0) is 27.2 Å². The molecule has 2 rings (SSSR count). The standard InChI is InChI=1S/C14H24N4O/c1-5-6-15-12-9-13(17-11(2)16-12)18-7-8-19-10-14(18,3)4/h9H,5-8,10H2,1-4H3,(H,15,16,17). The summed E-state index contributed by atoms with van der Waals surface area (Å²) < 4.78 is 5.56. The molecule has 0 saturated carbocycles. The average Bonchev–Trinajstić information content (AvgIpc) is 2.35. The number of morpholine rings is 1. The van der Waals surface area contributed by atoms with Gasteiger partial charge in [0.05, 0.1) is 18.8 Å². The second kappa shape index (κ2) is 5.74. The van der Waals surface area contributed by atoms with Gasteiger partial charge < -0.3 is 15.0 Å². The third kappa shape index (κ3) is 3.35. The molecule has 5 heteroatoms. The first-order valence-electron chi connectivity index (χ1n) is 6.98. The first kappa shape index (κ1) is 14.1. The minimum atomic E-state index is -0.0267. The van der Waals surface area contributed by atoms with E-state index in [1.165, 1.54) is 0 Å². The zero-order chi connectivity index (χ0) is 13.9. The number of aryl methyl sites for hydroxylation is 1. The fourth-order valence-corrected chi connectivity index (χ4v) is 2.32. The van der Waals surface area contributed by atoms with Crippen molar-refractivity contribution in [1.29, 1.82) is 0 Å². The number of ether oxygens (including phenoxy) is 1. The van der Waals surface area contributed by atoms with Crippen LogP contribution < -0.4 is 10.2 Å². The molecule has 1 fully saturated rings. The van der Waals surface area contributed by atoms with Crippen molar-refractivity contribution in [3.63, 3.8) is 0 Å². The second-order valence-corrected chi connectivity index (χ2v) is 5.60. The zero-order valence-corrected chi connectivity index (χ0v) is 12.4. The lowest BCUT2D eigenvalue weighted by Gasteiger charge is -2.43. The molecule has 1 aromatic heterocycles. The Morgan fingerprint density at radius 2 is 2.21 bits per heavy atom. The Morgan fingerprint density at radius 1 is 1.42 bits per heavy atom. The summed E-state index contributed by atoms with van der Waals surface area (Å²) in [5.41, 5.74) is -0.0267. The smallest absolute Gasteiger partial charge is 0.134 e. The first-order chi connectivity index (χ1) is 9.03. The molecule has 0 bridgehead atoms. The number of rotatable bonds is 4. The fraction of sp³-hybridized carbons (Fsp3) is 0.714. The summed E-state index contributed by atoms with van der Waals surface area (Å²) in [6, 6.07) is 2.04. The molecular formula is C14H24N4O. The molecule has 0 radical (unpaired) electrons. The van der Waals surface area contributed by atoms with Crippen LogP contribution in [-0.2, 0) is 4.74 Å². The molecule has 19 heavy (non-hydrogen) atoms. The predicted molar refractivity (Wildman–Crippen MR) is 77.8 cm³/mol. The highest BCUT2D eigenvalue weighted by molar-refractivity contribution is 5.51. The summed E-state index contributed by atoms with van der Waals surface area (Å²) in [4.78, 5) is 11.3. The van der Waals surface area contributed by atoms with Crippen LogP contribution in [0.3, 0.4) is 0 Å². The Labute approximate surface area is 115 Å². The third-order valence-corrected chi connectivity index (χ3v) is 3.30. The molecule has 0 aromatic carbocycles. The number of nitrogens with zero attached hydrogens (tertiary/aromatic N) is 3. The van der Waals surface area contributed by atoms with Crippen LogP contribution in [0.4, 0.5) is 11.6 Å². The van der Waals surface area contributed by atoms with Gasteiger partial charge in [0, 0.05) is 19.2 Å². The van der Waals surface area contributed by atoms with E-state index in [0.717, 1.165) is 50.2 Å². The maximum absolute atomic E-state index is 5.56. The molecule has 0 amide bonds. The van der Waals surface area contributed by atoms with Crippen molar-refractivity contribution >= 4 is 11.6 Å². The normalized spacial score (nSPS) is 18.4. The van der Waals surface area contributed by atoms with Gasteiger partial charge in [0.15, 0.2) is 0 Å². The molecule has 1 aliphatic heterocycles. The average molecular weight is 264 g/mol. The zero-order valence-electron chi connectivity index (χ0n) is 12.4. The second-order valence-electron chi connectivity index (χ2n) is 5.60. The van der Waals surface area contributed by atoms with E-state index < -0.39 is 0 Å². The van der Waals surface area contributed by atoms with Crippen LogP contribution in [0.15, 0.2) is 6.07 Å². The van der Waals surface area contributed by atoms with Crippen molar-refractivity contribution in [3.8, 4) is 0 Å². The van der Waals surface area contributed by atoms with Gasteiger partial charge >= 0.3 is 0 Å². The molecule has 106 valence electrons. The molecule has 2 heterocycles. The lowest BCUT2D eigenvalue weighted by atomic mass is 10.0. The molecule has 1 saturated heterocycles. The lowest BCUT2D eigenvalue weighted by Crippen LogP contribution is -2.53. The van der Waals surface area contributed by atoms with Crippen LogP contribution in [0.25, 0.3) is 0 Å². The largest absolute Gasteiger partial charge is 0.377 e. The highest BCUT2D eigenvalue weighted by Crippen LogP contribution is 2.26. The maximum Gasteiger partial charge on any atom is 0.134 e. The Balaban J connectivity index is 2.25. The van der Waals surface area contributed by atoms with Crippen molar-refractivity contribution in [1.82, 2.24) is 9.97 Å². The highest BCUT2D eigenvalue weighted by atomic mass is 16.5. The van der Waals surface area contributed by atoms with Crippen LogP contribution in [0.1, 0.15) is 33.0 Å². The predicted octanol–water partition coefficient (Wildman–Crippen LogP) is 2.22. The third-order valence-electron chi connectivity index (χ3n) is 3.30. The lowest BCUT2D eigenvalue weighted by molar-refractivity contribution is 0.0639. The summed E-state index contributed by atoms with van der Waals surface area (Å²) >= 11 is 0. The van der Waals surface area contributed by atoms with Crippen LogP contribution >= 0.6 is 0 Å². The molecule has 0 unspecified atom stereocenters. The van der Waals surface area contributed by atoms with Crippen molar-refractivity contribution in [2.75, 3.05) is 36.5 Å². The van der Waals surface area contributed by atoms with Crippen molar-refractivity contribution in [2.24, 2.45) is 0 Å². The monoisotopic (exact) mass is 264 g/mol. The Hall–Kier alpha value is -1.36. The summed E-state index contributed by atoms with van der Waals surface area (Å²) in [6.07, 6.45) is 1.08. The SMILES string of the molecule is CCCNc1cc(N2CCOCC2(C)C)nc(C)n1. The van der Waals surface area contributed by atoms with Crippen LogP contribution in [-0.4, -0.2) is 41.8 Å². The van der Waals surface area contributed by atoms with Crippen LogP contribution in [0.5, 0.6) is 0 Å². The number of hydrogen-bond donors (Lipinski definition) is 1. The molecule has 0 spiro atoms. The molecule has 5 nitrogen and oxygen atoms in total. The number of anilines is 2. The van der Waals surface area contributed by atoms with Gasteiger partial charge in [-0.15, -0.1) is 0 Å². The quantitative estimate of drug-likeness (QED) is 0.903. The van der Waals surface area contributed by atoms with Gasteiger partial charge in [-0.2, -0.15) is 0 Å². The maximum atomic E-state index is 5.56. The van der Waals surface area contributed by atoms with E-state index in [0.29, 0.717) is 0 Å². The summed E-state index contributed by atoms with van der Waals surface area (Å²) in [7, 11) is 0. The molecule has 0 atom stereocenters. The van der Waals surface area contributed by atoms with E-state index in [9.17, 15) is 0 Å². The molecule has 1 aliphatic rings. The molecule has 1 aromatic rings. The van der Waals surface area contributed by atoms with E-state index in [4.69, 9.17) is 4.74 Å². The summed E-state index contributed by atoms with van der Waals surface area (Å²) in [5.74, 6) is 2.70. The molecule has 1 N–H and O–H groups in total. The van der Waals surface area contributed by atoms with Crippen LogP contribution in [0.2, 0.25) is 0 Å². The molecular weight excluding hydrogens is 240 g/mol. The van der Waals surface area contributed by atoms with Crippen LogP contribution in [0, 0.1) is 6.92 Å². The van der Waals surface area contributed by atoms with Gasteiger partial charge in [0.25, 0.3) is 0 Å². The summed E-state index contributed by atoms with van der Waals surface area (Å²) in [5, 5.41) is 3.33. The Bertz CT molecular complexity index is 433. The van der Waals surface area contributed by atoms with E-state index in [1.54, 1.807) is 0 Å². The highest BCUT2D eigenvalue weighted by Gasteiger charge is 2.31. The topological polar surface area (TPSA) is 50.3 Å². The van der Waals surface area contributed by atoms with Gasteiger partial charge in [0.1, 0.15) is 17.5 Å². The van der Waals surface area contributed by atoms with Crippen molar-refractivity contribution in [3.05, 3.63) is 11.9 Å². The number of aromatic nitrogens is 2. The van der Waals surface area contributed by atoms with E-state index in [2.05, 4.69) is 41.0 Å². The van der Waals surface area contributed by atoms with Crippen molar-refractivity contribution in [2.45, 2.75) is 39.7 Å². The first-order valence-corrected chi connectivity index (χ1v) is 6.98. The minimum Gasteiger partial charge on any atom is -0.377 e. The molecule has 0 aliphatic carbocycles. The Morgan fingerprint density at radius 3 is 2.89 bits per heavy atom. The van der Waals surface area contributed by atoms with E-state index >= 15 is 0 Å². The van der Waals surface area contributed by atoms with Gasteiger partial charge in [-0.3, -0.25) is 0 Å². The Kier molecular flexibility index (Phi) is 4.24. The van der Waals surface area contributed by atoms with Gasteiger partial charge in [0.2, 0.25) is 0 Å². The van der Waals surface area contributed by atoms with Gasteiger partial charge in [-0.1, -0.05) is 6.92 Å². The number of nitrogens with one attached hydrogen (secondary N) is 1. The fourth-order valence-electron chi connectivity index (χ4n) is 2.32. The number of hydrogen-bond acceptors (Lipinski definition) is 5. The van der Waals surface area contributed by atoms with E-state index in [-0.39, 0.29) is 5.54 Å². The van der Waals surface area contributed by atoms with Gasteiger partial charge in [-0.25, -0.2) is 9.97 Å².